The first kappa shape index (κ1) is 45.3. The summed E-state index contributed by atoms with van der Waals surface area (Å²) < 4.78 is 0. The Labute approximate surface area is 404 Å². The Morgan fingerprint density at radius 1 is 0.515 bits per heavy atom. The van der Waals surface area contributed by atoms with Gasteiger partial charge in [0.2, 0.25) is 5.91 Å². The van der Waals surface area contributed by atoms with Crippen molar-refractivity contribution in [2.45, 2.75) is 54.4 Å². The van der Waals surface area contributed by atoms with E-state index in [1.54, 1.807) is 0 Å². The van der Waals surface area contributed by atoms with Gasteiger partial charge in [0.25, 0.3) is 5.91 Å². The van der Waals surface area contributed by atoms with Crippen LogP contribution >= 0.6 is 15.8 Å². The molecule has 3 aliphatic rings. The minimum Gasteiger partial charge on any atom is -0.325 e. The van der Waals surface area contributed by atoms with Crippen molar-refractivity contribution < 1.29 is 9.59 Å². The largest absolute Gasteiger partial charge is 0.325 e. The fourth-order valence-electron chi connectivity index (χ4n) is 11.3. The lowest BCUT2D eigenvalue weighted by Gasteiger charge is -2.31. The van der Waals surface area contributed by atoms with Crippen molar-refractivity contribution in [2.75, 3.05) is 10.6 Å². The van der Waals surface area contributed by atoms with Crippen molar-refractivity contribution >= 4 is 76.4 Å². The van der Waals surface area contributed by atoms with Gasteiger partial charge in [-0.2, -0.15) is 0 Å². The Bertz CT molecular complexity index is 3060. The number of carbonyl (C=O) groups excluding carboxylic acids is 2. The number of amides is 2. The summed E-state index contributed by atoms with van der Waals surface area (Å²) in [6.45, 7) is 13.5. The number of hydrogen-bond donors (Lipinski definition) is 2. The lowest BCUT2D eigenvalue weighted by Crippen LogP contribution is -2.32. The van der Waals surface area contributed by atoms with Crippen molar-refractivity contribution in [2.24, 2.45) is 23.7 Å². The molecule has 4 atom stereocenters. The molecule has 2 N–H and O–H groups in total. The molecule has 3 aliphatic carbocycles. The highest BCUT2D eigenvalue weighted by molar-refractivity contribution is 7.80. The third-order valence-electron chi connectivity index (χ3n) is 14.4. The first-order valence-corrected chi connectivity index (χ1v) is 26.7. The van der Waals surface area contributed by atoms with Gasteiger partial charge in [-0.25, -0.2) is 0 Å². The predicted octanol–water partition coefficient (Wildman–Crippen LogP) is 12.2. The molecule has 1 unspecified atom stereocenters. The van der Waals surface area contributed by atoms with E-state index in [1.807, 2.05) is 18.2 Å². The number of carbonyl (C=O) groups is 2. The van der Waals surface area contributed by atoms with Crippen LogP contribution in [0.1, 0.15) is 66.7 Å². The topological polar surface area (TPSA) is 58.2 Å². The van der Waals surface area contributed by atoms with Gasteiger partial charge in [0.05, 0.1) is 5.92 Å². The Morgan fingerprint density at radius 3 is 1.46 bits per heavy atom. The van der Waals surface area contributed by atoms with E-state index >= 15 is 0 Å². The SMILES string of the molecule is CC1=CC(C(=O)Nc2ccccc2P(c2ccccc2)c2ccccc2)[C@@H](C)C2=C1C[C@@H](C)/C2=C1/c2c(C)c(C(=O)Nc3ccccc3P(c3ccccc3)c3ccccc3)cc(C)c2C[C@H]1C. The van der Waals surface area contributed by atoms with Gasteiger partial charge in [-0.15, -0.1) is 0 Å². The smallest absolute Gasteiger partial charge is 0.255 e. The summed E-state index contributed by atoms with van der Waals surface area (Å²) in [4.78, 5) is 29.7. The van der Waals surface area contributed by atoms with E-state index in [9.17, 15) is 9.59 Å². The van der Waals surface area contributed by atoms with Crippen molar-refractivity contribution in [3.63, 3.8) is 0 Å². The van der Waals surface area contributed by atoms with Gasteiger partial charge in [0.1, 0.15) is 0 Å². The molecule has 338 valence electrons. The summed E-state index contributed by atoms with van der Waals surface area (Å²) in [6, 6.07) is 61.4. The van der Waals surface area contributed by atoms with Crippen LogP contribution in [0.2, 0.25) is 0 Å². The van der Waals surface area contributed by atoms with E-state index in [0.717, 1.165) is 46.0 Å². The second-order valence-corrected chi connectivity index (χ2v) is 23.2. The van der Waals surface area contributed by atoms with Gasteiger partial charge in [-0.3, -0.25) is 9.59 Å². The second kappa shape index (κ2) is 19.3. The molecule has 0 bridgehead atoms. The maximum atomic E-state index is 14.9. The lowest BCUT2D eigenvalue weighted by atomic mass is 9.74. The number of hydrogen-bond acceptors (Lipinski definition) is 2. The zero-order valence-corrected chi connectivity index (χ0v) is 41.5. The second-order valence-electron chi connectivity index (χ2n) is 18.8. The van der Waals surface area contributed by atoms with E-state index in [4.69, 9.17) is 0 Å². The number of para-hydroxylation sites is 2. The zero-order valence-electron chi connectivity index (χ0n) is 39.8. The fourth-order valence-corrected chi connectivity index (χ4v) is 16.1. The van der Waals surface area contributed by atoms with Crippen LogP contribution in [0.3, 0.4) is 0 Å². The van der Waals surface area contributed by atoms with Crippen LogP contribution in [0.25, 0.3) is 5.57 Å². The highest BCUT2D eigenvalue weighted by Gasteiger charge is 2.43. The lowest BCUT2D eigenvalue weighted by molar-refractivity contribution is -0.119. The van der Waals surface area contributed by atoms with E-state index in [2.05, 4.69) is 216 Å². The molecule has 0 heterocycles. The summed E-state index contributed by atoms with van der Waals surface area (Å²) in [5.41, 5.74) is 13.8. The number of nitrogens with one attached hydrogen (secondary N) is 2. The monoisotopic (exact) mass is 924 g/mol. The molecule has 0 saturated heterocycles. The molecule has 68 heavy (non-hydrogen) atoms. The van der Waals surface area contributed by atoms with Crippen molar-refractivity contribution in [3.05, 3.63) is 232 Å². The number of fused-ring (bicyclic) bond motifs is 1. The van der Waals surface area contributed by atoms with Gasteiger partial charge >= 0.3 is 0 Å². The number of aryl methyl sites for hydroxylation is 1. The van der Waals surface area contributed by atoms with Crippen molar-refractivity contribution in [1.29, 1.82) is 0 Å². The first-order valence-electron chi connectivity index (χ1n) is 24.0. The highest BCUT2D eigenvalue weighted by Crippen LogP contribution is 2.55. The summed E-state index contributed by atoms with van der Waals surface area (Å²) in [5, 5.41) is 14.1. The summed E-state index contributed by atoms with van der Waals surface area (Å²) in [7, 11) is -1.85. The quantitative estimate of drug-likeness (QED) is 0.134. The normalized spacial score (nSPS) is 19.7. The summed E-state index contributed by atoms with van der Waals surface area (Å²) in [5.74, 6) is 0.0733. The average Bonchev–Trinajstić information content (AvgIpc) is 3.90. The zero-order chi connectivity index (χ0) is 47.1. The van der Waals surface area contributed by atoms with E-state index in [-0.39, 0.29) is 35.5 Å². The Kier molecular flexibility index (Phi) is 12.9. The number of benzene rings is 7. The van der Waals surface area contributed by atoms with Gasteiger partial charge in [-0.1, -0.05) is 190 Å². The van der Waals surface area contributed by atoms with Crippen molar-refractivity contribution in [3.8, 4) is 0 Å². The maximum Gasteiger partial charge on any atom is 0.255 e. The molecule has 0 spiro atoms. The Balaban J connectivity index is 0.989. The molecular formula is C62H58N2O2P2. The number of anilines is 2. The third-order valence-corrected chi connectivity index (χ3v) is 19.4. The molecule has 7 aromatic carbocycles. The Morgan fingerprint density at radius 2 is 0.956 bits per heavy atom. The molecule has 4 nitrogen and oxygen atoms in total. The molecule has 7 aromatic rings. The summed E-state index contributed by atoms with van der Waals surface area (Å²) in [6.07, 6.45) is 4.09. The van der Waals surface area contributed by atoms with Crippen LogP contribution in [-0.4, -0.2) is 11.8 Å². The van der Waals surface area contributed by atoms with Gasteiger partial charge < -0.3 is 10.6 Å². The van der Waals surface area contributed by atoms with Crippen LogP contribution in [0, 0.1) is 37.5 Å². The minimum absolute atomic E-state index is 0.0187. The molecular weight excluding hydrogens is 867 g/mol. The van der Waals surface area contributed by atoms with Crippen LogP contribution in [0.15, 0.2) is 204 Å². The standard InChI is InChI=1S/C62H58N2O2P2/c1-39-35-51(61(65)63-53-31-19-21-33-55(53)67(45-23-11-7-12-24-45)46-25-13-8-14-26-46)43(5)59-49(39)37-41(3)57(59)58-42(4)38-50-40(2)36-52(44(6)60(50)58)62(66)64-54-32-20-22-34-56(54)68(47-27-15-9-16-28-47)48-29-17-10-18-30-48/h7-36,41-43,51H,37-38H2,1-6H3,(H,63,65)(H,64,66)/b58-57-/t41-,42-,43-,51?/m1/s1. The van der Waals surface area contributed by atoms with E-state index < -0.39 is 15.8 Å². The number of rotatable bonds is 10. The van der Waals surface area contributed by atoms with Gasteiger partial charge in [-0.05, 0) is 151 Å². The average molecular weight is 925 g/mol. The van der Waals surface area contributed by atoms with Gasteiger partial charge in [0.15, 0.2) is 0 Å². The van der Waals surface area contributed by atoms with Crippen molar-refractivity contribution in [1.82, 2.24) is 0 Å². The van der Waals surface area contributed by atoms with E-state index in [1.165, 1.54) is 60.2 Å². The van der Waals surface area contributed by atoms with Crippen LogP contribution in [0.5, 0.6) is 0 Å². The molecule has 0 radical (unpaired) electrons. The minimum atomic E-state index is -0.932. The molecule has 6 heteroatoms. The third kappa shape index (κ3) is 8.44. The van der Waals surface area contributed by atoms with Crippen LogP contribution < -0.4 is 42.5 Å². The molecule has 0 aliphatic heterocycles. The fraction of sp³-hybridized carbons (Fsp3) is 0.194. The molecule has 10 rings (SSSR count). The van der Waals surface area contributed by atoms with Crippen LogP contribution in [0.4, 0.5) is 11.4 Å². The molecule has 0 saturated carbocycles. The maximum absolute atomic E-state index is 14.9. The molecule has 0 fully saturated rings. The van der Waals surface area contributed by atoms with E-state index in [0.29, 0.717) is 5.56 Å². The van der Waals surface area contributed by atoms with Gasteiger partial charge in [0, 0.05) is 27.5 Å². The Hall–Kier alpha value is -6.44. The van der Waals surface area contributed by atoms with Crippen LogP contribution in [-0.2, 0) is 11.2 Å². The molecule has 0 aromatic heterocycles. The predicted molar refractivity (Wildman–Crippen MR) is 290 cm³/mol. The first-order chi connectivity index (χ1) is 33.1. The molecule has 2 amide bonds. The number of allylic oxidation sites excluding steroid dienone is 5. The highest BCUT2D eigenvalue weighted by atomic mass is 31.1. The summed E-state index contributed by atoms with van der Waals surface area (Å²) >= 11 is 0.